The Bertz CT molecular complexity index is 396. The maximum atomic E-state index is 10.8. The van der Waals surface area contributed by atoms with Crippen LogP contribution in [0.25, 0.3) is 0 Å². The van der Waals surface area contributed by atoms with Gasteiger partial charge in [0.1, 0.15) is 0 Å². The van der Waals surface area contributed by atoms with Gasteiger partial charge in [-0.05, 0) is 17.7 Å². The molecule has 1 aliphatic heterocycles. The van der Waals surface area contributed by atoms with Crippen LogP contribution in [-0.2, 0) is 4.79 Å². The third-order valence-electron chi connectivity index (χ3n) is 2.83. The van der Waals surface area contributed by atoms with Crippen molar-refractivity contribution in [3.63, 3.8) is 0 Å². The molecular weight excluding hydrogens is 258 g/mol. The first kappa shape index (κ1) is 12.7. The summed E-state index contributed by atoms with van der Waals surface area (Å²) in [5, 5.41) is 9.62. The van der Waals surface area contributed by atoms with Crippen molar-refractivity contribution < 1.29 is 9.90 Å². The molecule has 1 saturated heterocycles. The average molecular weight is 272 g/mol. The molecule has 1 fully saturated rings. The second-order valence-electron chi connectivity index (χ2n) is 4.01. The smallest absolute Gasteiger partial charge is 0.317 e. The van der Waals surface area contributed by atoms with Crippen LogP contribution >= 0.6 is 23.4 Å². The lowest BCUT2D eigenvalue weighted by Crippen LogP contribution is -2.39. The number of hydrogen-bond donors (Lipinski definition) is 1. The molecule has 3 nitrogen and oxygen atoms in total. The van der Waals surface area contributed by atoms with Gasteiger partial charge in [-0.15, -0.1) is 0 Å². The number of carboxylic acids is 1. The van der Waals surface area contributed by atoms with Crippen LogP contribution in [0.5, 0.6) is 0 Å². The number of rotatable bonds is 3. The molecule has 0 saturated carbocycles. The Labute approximate surface area is 110 Å². The van der Waals surface area contributed by atoms with E-state index in [2.05, 4.69) is 0 Å². The quantitative estimate of drug-likeness (QED) is 0.917. The van der Waals surface area contributed by atoms with Crippen molar-refractivity contribution >= 4 is 29.3 Å². The predicted molar refractivity (Wildman–Crippen MR) is 70.7 cm³/mol. The molecule has 2 rings (SSSR count). The Kier molecular flexibility index (Phi) is 4.31. The largest absolute Gasteiger partial charge is 0.480 e. The molecule has 17 heavy (non-hydrogen) atoms. The summed E-state index contributed by atoms with van der Waals surface area (Å²) in [6, 6.07) is 7.85. The van der Waals surface area contributed by atoms with E-state index in [4.69, 9.17) is 16.7 Å². The number of benzene rings is 1. The summed E-state index contributed by atoms with van der Waals surface area (Å²) in [5.41, 5.74) is 1.14. The summed E-state index contributed by atoms with van der Waals surface area (Å²) in [4.78, 5) is 12.8. The van der Waals surface area contributed by atoms with E-state index in [9.17, 15) is 4.79 Å². The van der Waals surface area contributed by atoms with E-state index in [1.165, 1.54) is 0 Å². The Morgan fingerprint density at radius 3 is 2.82 bits per heavy atom. The van der Waals surface area contributed by atoms with Crippen LogP contribution in [-0.4, -0.2) is 40.6 Å². The topological polar surface area (TPSA) is 40.5 Å². The maximum absolute atomic E-state index is 10.8. The van der Waals surface area contributed by atoms with E-state index < -0.39 is 5.97 Å². The van der Waals surface area contributed by atoms with E-state index in [-0.39, 0.29) is 12.6 Å². The normalized spacial score (nSPS) is 21.4. The molecule has 1 aromatic carbocycles. The molecule has 0 aromatic heterocycles. The van der Waals surface area contributed by atoms with Crippen LogP contribution < -0.4 is 0 Å². The maximum Gasteiger partial charge on any atom is 0.317 e. The number of carboxylic acid groups (broad SMARTS) is 1. The van der Waals surface area contributed by atoms with Gasteiger partial charge in [0.05, 0.1) is 6.54 Å². The van der Waals surface area contributed by atoms with Gasteiger partial charge < -0.3 is 5.11 Å². The summed E-state index contributed by atoms with van der Waals surface area (Å²) in [6.45, 7) is 0.929. The van der Waals surface area contributed by atoms with E-state index in [0.29, 0.717) is 5.02 Å². The SMILES string of the molecule is O=C(O)CN1CCSC[C@@H]1c1ccc(Cl)cc1. The van der Waals surface area contributed by atoms with Crippen LogP contribution in [0.3, 0.4) is 0 Å². The highest BCUT2D eigenvalue weighted by Crippen LogP contribution is 2.29. The number of halogens is 1. The number of thioether (sulfide) groups is 1. The van der Waals surface area contributed by atoms with E-state index in [1.54, 1.807) is 0 Å². The first-order valence-corrected chi connectivity index (χ1v) is 6.99. The minimum absolute atomic E-state index is 0.105. The van der Waals surface area contributed by atoms with Gasteiger partial charge in [-0.2, -0.15) is 11.8 Å². The molecular formula is C12H14ClNO2S. The van der Waals surface area contributed by atoms with Crippen molar-refractivity contribution in [2.75, 3.05) is 24.6 Å². The molecule has 1 heterocycles. The summed E-state index contributed by atoms with van der Waals surface area (Å²) < 4.78 is 0. The summed E-state index contributed by atoms with van der Waals surface area (Å²) in [5.74, 6) is 1.17. The number of carbonyl (C=O) groups is 1. The predicted octanol–water partition coefficient (Wildman–Crippen LogP) is 2.51. The molecule has 0 unspecified atom stereocenters. The fourth-order valence-corrected chi connectivity index (χ4v) is 3.28. The summed E-state index contributed by atoms with van der Waals surface area (Å²) >= 11 is 7.72. The highest BCUT2D eigenvalue weighted by atomic mass is 35.5. The van der Waals surface area contributed by atoms with Gasteiger partial charge in [-0.1, -0.05) is 23.7 Å². The molecule has 5 heteroatoms. The second kappa shape index (κ2) is 5.76. The Morgan fingerprint density at radius 1 is 1.47 bits per heavy atom. The van der Waals surface area contributed by atoms with Crippen molar-refractivity contribution in [2.24, 2.45) is 0 Å². The minimum atomic E-state index is -0.768. The van der Waals surface area contributed by atoms with Crippen LogP contribution in [0.15, 0.2) is 24.3 Å². The lowest BCUT2D eigenvalue weighted by atomic mass is 10.1. The van der Waals surface area contributed by atoms with Crippen molar-refractivity contribution in [1.29, 1.82) is 0 Å². The van der Waals surface area contributed by atoms with Gasteiger partial charge in [0.25, 0.3) is 0 Å². The minimum Gasteiger partial charge on any atom is -0.480 e. The molecule has 0 spiro atoms. The Morgan fingerprint density at radius 2 is 2.18 bits per heavy atom. The zero-order valence-electron chi connectivity index (χ0n) is 9.30. The summed E-state index contributed by atoms with van der Waals surface area (Å²) in [6.07, 6.45) is 0. The van der Waals surface area contributed by atoms with Crippen LogP contribution in [0.4, 0.5) is 0 Å². The average Bonchev–Trinajstić information content (AvgIpc) is 2.30. The Balaban J connectivity index is 2.15. The van der Waals surface area contributed by atoms with Gasteiger partial charge >= 0.3 is 5.97 Å². The van der Waals surface area contributed by atoms with Crippen molar-refractivity contribution in [3.05, 3.63) is 34.9 Å². The third kappa shape index (κ3) is 3.37. The molecule has 0 amide bonds. The molecule has 1 aliphatic rings. The second-order valence-corrected chi connectivity index (χ2v) is 5.59. The third-order valence-corrected chi connectivity index (χ3v) is 4.11. The number of aliphatic carboxylic acids is 1. The monoisotopic (exact) mass is 271 g/mol. The van der Waals surface area contributed by atoms with E-state index >= 15 is 0 Å². The molecule has 0 aliphatic carbocycles. The van der Waals surface area contributed by atoms with Crippen LogP contribution in [0, 0.1) is 0 Å². The molecule has 1 atom stereocenters. The highest BCUT2D eigenvalue weighted by molar-refractivity contribution is 7.99. The first-order valence-electron chi connectivity index (χ1n) is 5.46. The zero-order valence-corrected chi connectivity index (χ0v) is 10.9. The van der Waals surface area contributed by atoms with Gasteiger partial charge in [-0.3, -0.25) is 9.69 Å². The van der Waals surface area contributed by atoms with Gasteiger partial charge in [-0.25, -0.2) is 0 Å². The standard InChI is InChI=1S/C12H14ClNO2S/c13-10-3-1-9(2-4-10)11-8-17-6-5-14(11)7-12(15)16/h1-4,11H,5-8H2,(H,15,16)/t11-/m1/s1. The fraction of sp³-hybridized carbons (Fsp3) is 0.417. The number of nitrogens with zero attached hydrogens (tertiary/aromatic N) is 1. The van der Waals surface area contributed by atoms with Crippen molar-refractivity contribution in [1.82, 2.24) is 4.90 Å². The summed E-state index contributed by atoms with van der Waals surface area (Å²) in [7, 11) is 0. The molecule has 0 bridgehead atoms. The molecule has 92 valence electrons. The van der Waals surface area contributed by atoms with Crippen molar-refractivity contribution in [3.8, 4) is 0 Å². The number of hydrogen-bond acceptors (Lipinski definition) is 3. The fourth-order valence-electron chi connectivity index (χ4n) is 1.99. The molecule has 0 radical (unpaired) electrons. The highest BCUT2D eigenvalue weighted by Gasteiger charge is 2.25. The zero-order chi connectivity index (χ0) is 12.3. The van der Waals surface area contributed by atoms with Gasteiger partial charge in [0.15, 0.2) is 0 Å². The van der Waals surface area contributed by atoms with Crippen molar-refractivity contribution in [2.45, 2.75) is 6.04 Å². The van der Waals surface area contributed by atoms with Gasteiger partial charge in [0.2, 0.25) is 0 Å². The Hall–Kier alpha value is -0.710. The van der Waals surface area contributed by atoms with Gasteiger partial charge in [0, 0.05) is 29.1 Å². The first-order chi connectivity index (χ1) is 8.16. The molecule has 1 aromatic rings. The van der Waals surface area contributed by atoms with E-state index in [0.717, 1.165) is 23.6 Å². The van der Waals surface area contributed by atoms with Crippen LogP contribution in [0.1, 0.15) is 11.6 Å². The van der Waals surface area contributed by atoms with Crippen LogP contribution in [0.2, 0.25) is 5.02 Å². The van der Waals surface area contributed by atoms with E-state index in [1.807, 2.05) is 40.9 Å². The lowest BCUT2D eigenvalue weighted by Gasteiger charge is -2.34. The molecule has 1 N–H and O–H groups in total. The lowest BCUT2D eigenvalue weighted by molar-refractivity contribution is -0.138.